The third kappa shape index (κ3) is 3.10. The molecule has 1 unspecified atom stereocenters. The van der Waals surface area contributed by atoms with Crippen molar-refractivity contribution in [2.45, 2.75) is 10.9 Å². The Labute approximate surface area is 135 Å². The van der Waals surface area contributed by atoms with Crippen LogP contribution in [0.3, 0.4) is 0 Å². The molecular weight excluding hydrogens is 312 g/mol. The van der Waals surface area contributed by atoms with Crippen LogP contribution in [0.5, 0.6) is 0 Å². The Balaban J connectivity index is 2.01. The maximum absolute atomic E-state index is 13.0. The van der Waals surface area contributed by atoms with Crippen molar-refractivity contribution in [1.82, 2.24) is 14.6 Å². The second-order valence-electron chi connectivity index (χ2n) is 5.26. The Morgan fingerprint density at radius 2 is 2.17 bits per heavy atom. The summed E-state index contributed by atoms with van der Waals surface area (Å²) in [6.45, 7) is 1.50. The molecular formula is C16H16N4O2S. The number of rotatable bonds is 3. The standard InChI is InChI=1S/C16H16N4O2S/c17-10-13-3-1-5-15(9-13)23(21,22)20-8-7-19-12-16(20)14-4-2-6-18-11-14/h1-6,9,11,16,19H,7-8,12H2. The summed E-state index contributed by atoms with van der Waals surface area (Å²) in [5.41, 5.74) is 1.18. The van der Waals surface area contributed by atoms with Gasteiger partial charge in [0.1, 0.15) is 0 Å². The third-order valence-corrected chi connectivity index (χ3v) is 5.74. The van der Waals surface area contributed by atoms with Gasteiger partial charge < -0.3 is 5.32 Å². The zero-order chi connectivity index (χ0) is 16.3. The van der Waals surface area contributed by atoms with Crippen LogP contribution in [-0.2, 0) is 10.0 Å². The van der Waals surface area contributed by atoms with Crippen molar-refractivity contribution in [2.24, 2.45) is 0 Å². The molecule has 3 rings (SSSR count). The highest BCUT2D eigenvalue weighted by Crippen LogP contribution is 2.28. The van der Waals surface area contributed by atoms with Gasteiger partial charge >= 0.3 is 0 Å². The topological polar surface area (TPSA) is 86.1 Å². The minimum atomic E-state index is -3.68. The monoisotopic (exact) mass is 328 g/mol. The van der Waals surface area contributed by atoms with E-state index >= 15 is 0 Å². The first-order valence-electron chi connectivity index (χ1n) is 7.25. The van der Waals surface area contributed by atoms with E-state index in [0.717, 1.165) is 5.56 Å². The Morgan fingerprint density at radius 1 is 1.30 bits per heavy atom. The molecule has 0 saturated carbocycles. The molecule has 0 aliphatic carbocycles. The summed E-state index contributed by atoms with van der Waals surface area (Å²) < 4.78 is 27.5. The van der Waals surface area contributed by atoms with E-state index in [1.165, 1.54) is 16.4 Å². The fourth-order valence-electron chi connectivity index (χ4n) is 2.69. The van der Waals surface area contributed by atoms with Crippen LogP contribution >= 0.6 is 0 Å². The highest BCUT2D eigenvalue weighted by atomic mass is 32.2. The lowest BCUT2D eigenvalue weighted by molar-refractivity contribution is 0.271. The van der Waals surface area contributed by atoms with E-state index in [2.05, 4.69) is 10.3 Å². The summed E-state index contributed by atoms with van der Waals surface area (Å²) in [4.78, 5) is 4.23. The van der Waals surface area contributed by atoms with Crippen LogP contribution in [0, 0.1) is 11.3 Å². The summed E-state index contributed by atoms with van der Waals surface area (Å²) in [5.74, 6) is 0. The number of nitrogens with one attached hydrogen (secondary N) is 1. The average Bonchev–Trinajstić information content (AvgIpc) is 2.62. The predicted molar refractivity (Wildman–Crippen MR) is 84.9 cm³/mol. The van der Waals surface area contributed by atoms with Crippen molar-refractivity contribution in [3.05, 3.63) is 59.9 Å². The Kier molecular flexibility index (Phi) is 4.39. The third-order valence-electron chi connectivity index (χ3n) is 3.83. The molecule has 1 aliphatic heterocycles. The van der Waals surface area contributed by atoms with Crippen LogP contribution in [0.2, 0.25) is 0 Å². The van der Waals surface area contributed by atoms with E-state index in [-0.39, 0.29) is 10.9 Å². The molecule has 0 amide bonds. The van der Waals surface area contributed by atoms with E-state index < -0.39 is 10.0 Å². The molecule has 1 fully saturated rings. The first kappa shape index (κ1) is 15.6. The lowest BCUT2D eigenvalue weighted by Crippen LogP contribution is -2.48. The number of sulfonamides is 1. The molecule has 118 valence electrons. The average molecular weight is 328 g/mol. The fourth-order valence-corrected chi connectivity index (χ4v) is 4.35. The maximum atomic E-state index is 13.0. The van der Waals surface area contributed by atoms with Gasteiger partial charge in [-0.25, -0.2) is 8.42 Å². The highest BCUT2D eigenvalue weighted by molar-refractivity contribution is 7.89. The molecule has 1 atom stereocenters. The largest absolute Gasteiger partial charge is 0.313 e. The van der Waals surface area contributed by atoms with Gasteiger partial charge in [0.15, 0.2) is 0 Å². The second kappa shape index (κ2) is 6.46. The van der Waals surface area contributed by atoms with Crippen LogP contribution < -0.4 is 5.32 Å². The van der Waals surface area contributed by atoms with Gasteiger partial charge in [-0.05, 0) is 29.8 Å². The molecule has 0 radical (unpaired) electrons. The molecule has 6 nitrogen and oxygen atoms in total. The SMILES string of the molecule is N#Cc1cccc(S(=O)(=O)N2CCNCC2c2cccnc2)c1. The van der Waals surface area contributed by atoms with E-state index in [9.17, 15) is 8.42 Å². The summed E-state index contributed by atoms with van der Waals surface area (Å²) in [7, 11) is -3.68. The Bertz CT molecular complexity index is 831. The highest BCUT2D eigenvalue weighted by Gasteiger charge is 2.34. The van der Waals surface area contributed by atoms with Gasteiger partial charge in [0.05, 0.1) is 22.6 Å². The predicted octanol–water partition coefficient (Wildman–Crippen LogP) is 1.29. The summed E-state index contributed by atoms with van der Waals surface area (Å²) in [5, 5.41) is 12.2. The molecule has 2 heterocycles. The number of piperazine rings is 1. The van der Waals surface area contributed by atoms with Crippen LogP contribution in [0.1, 0.15) is 17.2 Å². The van der Waals surface area contributed by atoms with Crippen molar-refractivity contribution in [2.75, 3.05) is 19.6 Å². The number of nitrogens with zero attached hydrogens (tertiary/aromatic N) is 3. The van der Waals surface area contributed by atoms with Gasteiger partial charge in [0.25, 0.3) is 0 Å². The molecule has 1 aromatic carbocycles. The molecule has 1 N–H and O–H groups in total. The second-order valence-corrected chi connectivity index (χ2v) is 7.15. The van der Waals surface area contributed by atoms with Crippen LogP contribution in [0.15, 0.2) is 53.7 Å². The van der Waals surface area contributed by atoms with E-state index in [0.29, 0.717) is 25.2 Å². The summed E-state index contributed by atoms with van der Waals surface area (Å²) in [6.07, 6.45) is 3.35. The van der Waals surface area contributed by atoms with Gasteiger partial charge in [-0.2, -0.15) is 9.57 Å². The summed E-state index contributed by atoms with van der Waals surface area (Å²) >= 11 is 0. The van der Waals surface area contributed by atoms with Crippen molar-refractivity contribution in [3.63, 3.8) is 0 Å². The smallest absolute Gasteiger partial charge is 0.243 e. The van der Waals surface area contributed by atoms with E-state index in [4.69, 9.17) is 5.26 Å². The first-order valence-corrected chi connectivity index (χ1v) is 8.69. The number of pyridine rings is 1. The lowest BCUT2D eigenvalue weighted by Gasteiger charge is -2.35. The molecule has 1 aromatic heterocycles. The molecule has 7 heteroatoms. The molecule has 0 spiro atoms. The molecule has 23 heavy (non-hydrogen) atoms. The molecule has 2 aromatic rings. The van der Waals surface area contributed by atoms with Gasteiger partial charge in [-0.15, -0.1) is 0 Å². The molecule has 1 saturated heterocycles. The maximum Gasteiger partial charge on any atom is 0.243 e. The fraction of sp³-hybridized carbons (Fsp3) is 0.250. The zero-order valence-electron chi connectivity index (χ0n) is 12.4. The summed E-state index contributed by atoms with van der Waals surface area (Å²) in [6, 6.07) is 11.5. The van der Waals surface area contributed by atoms with Gasteiger partial charge in [-0.1, -0.05) is 12.1 Å². The number of benzene rings is 1. The minimum absolute atomic E-state index is 0.146. The van der Waals surface area contributed by atoms with Gasteiger partial charge in [-0.3, -0.25) is 4.98 Å². The van der Waals surface area contributed by atoms with Crippen LogP contribution in [-0.4, -0.2) is 37.3 Å². The normalized spacial score (nSPS) is 19.2. The van der Waals surface area contributed by atoms with Crippen molar-refractivity contribution >= 4 is 10.0 Å². The minimum Gasteiger partial charge on any atom is -0.313 e. The lowest BCUT2D eigenvalue weighted by atomic mass is 10.1. The number of hydrogen-bond donors (Lipinski definition) is 1. The number of hydrogen-bond acceptors (Lipinski definition) is 5. The van der Waals surface area contributed by atoms with Crippen molar-refractivity contribution in [3.8, 4) is 6.07 Å². The van der Waals surface area contributed by atoms with Crippen molar-refractivity contribution in [1.29, 1.82) is 5.26 Å². The van der Waals surface area contributed by atoms with Crippen LogP contribution in [0.25, 0.3) is 0 Å². The van der Waals surface area contributed by atoms with Crippen LogP contribution in [0.4, 0.5) is 0 Å². The first-order chi connectivity index (χ1) is 11.1. The zero-order valence-corrected chi connectivity index (χ0v) is 13.2. The van der Waals surface area contributed by atoms with Crippen molar-refractivity contribution < 1.29 is 8.42 Å². The van der Waals surface area contributed by atoms with E-state index in [1.54, 1.807) is 30.6 Å². The number of aromatic nitrogens is 1. The quantitative estimate of drug-likeness (QED) is 0.917. The van der Waals surface area contributed by atoms with Gasteiger partial charge in [0, 0.05) is 32.0 Å². The molecule has 1 aliphatic rings. The number of nitriles is 1. The van der Waals surface area contributed by atoms with Gasteiger partial charge in [0.2, 0.25) is 10.0 Å². The van der Waals surface area contributed by atoms with E-state index in [1.807, 2.05) is 12.1 Å². The Morgan fingerprint density at radius 3 is 2.91 bits per heavy atom. The molecule has 0 bridgehead atoms. The Hall–Kier alpha value is -2.27.